The van der Waals surface area contributed by atoms with Gasteiger partial charge < -0.3 is 20.7 Å². The van der Waals surface area contributed by atoms with Crippen molar-refractivity contribution >= 4 is 36.0 Å². The molecule has 0 radical (unpaired) electrons. The van der Waals surface area contributed by atoms with E-state index in [1.807, 2.05) is 6.92 Å². The van der Waals surface area contributed by atoms with Crippen molar-refractivity contribution in [2.45, 2.75) is 64.8 Å². The Morgan fingerprint density at radius 1 is 1.29 bits per heavy atom. The molecule has 1 aliphatic carbocycles. The lowest BCUT2D eigenvalue weighted by Gasteiger charge is -2.32. The summed E-state index contributed by atoms with van der Waals surface area (Å²) in [6.45, 7) is 6.78. The maximum Gasteiger partial charge on any atom is 0.409 e. The Labute approximate surface area is 163 Å². The number of likely N-dealkylation sites (tertiary alicyclic amines) is 1. The van der Waals surface area contributed by atoms with Crippen molar-refractivity contribution in [3.05, 3.63) is 0 Å². The number of halogens is 1. The van der Waals surface area contributed by atoms with Gasteiger partial charge in [0.05, 0.1) is 6.61 Å². The van der Waals surface area contributed by atoms with Gasteiger partial charge in [-0.3, -0.25) is 4.99 Å². The Hall–Kier alpha value is -0.730. The summed E-state index contributed by atoms with van der Waals surface area (Å²) in [7, 11) is 0. The zero-order chi connectivity index (χ0) is 16.7. The first-order valence-electron chi connectivity index (χ1n) is 9.07. The molecule has 0 aromatic heterocycles. The van der Waals surface area contributed by atoms with Crippen molar-refractivity contribution in [3.8, 4) is 0 Å². The van der Waals surface area contributed by atoms with E-state index in [4.69, 9.17) is 10.5 Å². The van der Waals surface area contributed by atoms with Crippen LogP contribution in [0.2, 0.25) is 0 Å². The highest BCUT2D eigenvalue weighted by molar-refractivity contribution is 14.0. The van der Waals surface area contributed by atoms with E-state index in [0.29, 0.717) is 37.1 Å². The summed E-state index contributed by atoms with van der Waals surface area (Å²) in [4.78, 5) is 18.0. The Bertz CT molecular complexity index is 417. The van der Waals surface area contributed by atoms with Gasteiger partial charge in [-0.05, 0) is 44.4 Å². The van der Waals surface area contributed by atoms with Crippen LogP contribution < -0.4 is 11.1 Å². The second-order valence-electron chi connectivity index (χ2n) is 6.87. The molecule has 1 amide bonds. The molecule has 0 bridgehead atoms. The predicted octanol–water partition coefficient (Wildman–Crippen LogP) is 3.10. The van der Waals surface area contributed by atoms with Gasteiger partial charge in [0.1, 0.15) is 0 Å². The second kappa shape index (κ2) is 10.3. The smallest absolute Gasteiger partial charge is 0.409 e. The lowest BCUT2D eigenvalue weighted by Crippen LogP contribution is -2.48. The van der Waals surface area contributed by atoms with E-state index in [1.54, 1.807) is 4.90 Å². The Morgan fingerprint density at radius 2 is 1.92 bits per heavy atom. The van der Waals surface area contributed by atoms with Crippen LogP contribution in [0.5, 0.6) is 0 Å². The first-order chi connectivity index (χ1) is 11.1. The average Bonchev–Trinajstić information content (AvgIpc) is 3.03. The Kier molecular flexibility index (Phi) is 9.15. The summed E-state index contributed by atoms with van der Waals surface area (Å²) in [5.74, 6) is 0.555. The Balaban J connectivity index is 0.00000288. The fourth-order valence-corrected chi connectivity index (χ4v) is 3.68. The average molecular weight is 452 g/mol. The number of nitrogens with zero attached hydrogens (tertiary/aromatic N) is 2. The summed E-state index contributed by atoms with van der Waals surface area (Å²) < 4.78 is 5.03. The molecule has 0 aromatic rings. The fraction of sp³-hybridized carbons (Fsp3) is 0.882. The number of rotatable bonds is 5. The van der Waals surface area contributed by atoms with Crippen molar-refractivity contribution in [1.29, 1.82) is 0 Å². The van der Waals surface area contributed by atoms with Crippen LogP contribution in [0.3, 0.4) is 0 Å². The minimum atomic E-state index is -0.210. The summed E-state index contributed by atoms with van der Waals surface area (Å²) in [6, 6.07) is 0.297. The molecule has 3 N–H and O–H groups in total. The van der Waals surface area contributed by atoms with Gasteiger partial charge in [0.15, 0.2) is 5.96 Å². The van der Waals surface area contributed by atoms with Gasteiger partial charge in [-0.2, -0.15) is 0 Å². The monoisotopic (exact) mass is 452 g/mol. The number of aliphatic imine (C=N–C) groups is 1. The number of nitrogens with one attached hydrogen (secondary N) is 1. The molecule has 0 unspecified atom stereocenters. The van der Waals surface area contributed by atoms with Crippen LogP contribution in [0.4, 0.5) is 4.79 Å². The molecular weight excluding hydrogens is 419 g/mol. The predicted molar refractivity (Wildman–Crippen MR) is 108 cm³/mol. The van der Waals surface area contributed by atoms with Gasteiger partial charge in [0, 0.05) is 25.7 Å². The molecule has 2 aliphatic rings. The third-order valence-corrected chi connectivity index (χ3v) is 5.37. The van der Waals surface area contributed by atoms with E-state index >= 15 is 0 Å². The highest BCUT2D eigenvalue weighted by Gasteiger charge is 2.31. The van der Waals surface area contributed by atoms with Crippen molar-refractivity contribution in [2.24, 2.45) is 16.1 Å². The summed E-state index contributed by atoms with van der Waals surface area (Å²) >= 11 is 0. The molecule has 1 saturated heterocycles. The second-order valence-corrected chi connectivity index (χ2v) is 6.87. The van der Waals surface area contributed by atoms with Crippen molar-refractivity contribution in [1.82, 2.24) is 10.2 Å². The van der Waals surface area contributed by atoms with E-state index < -0.39 is 0 Å². The topological polar surface area (TPSA) is 80.0 Å². The van der Waals surface area contributed by atoms with Crippen LogP contribution >= 0.6 is 24.0 Å². The highest BCUT2D eigenvalue weighted by atomic mass is 127. The van der Waals surface area contributed by atoms with Gasteiger partial charge in [0.2, 0.25) is 0 Å². The van der Waals surface area contributed by atoms with E-state index in [2.05, 4.69) is 17.2 Å². The van der Waals surface area contributed by atoms with Crippen LogP contribution in [0.15, 0.2) is 4.99 Å². The summed E-state index contributed by atoms with van der Waals surface area (Å²) in [5, 5.41) is 3.32. The van der Waals surface area contributed by atoms with Gasteiger partial charge in [-0.1, -0.05) is 19.8 Å². The zero-order valence-corrected chi connectivity index (χ0v) is 17.4. The highest BCUT2D eigenvalue weighted by Crippen LogP contribution is 2.41. The first kappa shape index (κ1) is 21.3. The SMILES string of the molecule is CCOC(=O)N1CCC(NC(N)=NCC2(CC)CCCC2)CC1.I. The molecular formula is C17H33IN4O2. The fourth-order valence-electron chi connectivity index (χ4n) is 3.68. The summed E-state index contributed by atoms with van der Waals surface area (Å²) in [5.41, 5.74) is 6.45. The molecule has 2 fully saturated rings. The molecule has 7 heteroatoms. The Morgan fingerprint density at radius 3 is 2.46 bits per heavy atom. The number of amides is 1. The van der Waals surface area contributed by atoms with E-state index in [-0.39, 0.29) is 30.1 Å². The minimum Gasteiger partial charge on any atom is -0.450 e. The molecule has 1 heterocycles. The number of hydrogen-bond acceptors (Lipinski definition) is 3. The number of carbonyl (C=O) groups excluding carboxylic acids is 1. The molecule has 0 atom stereocenters. The lowest BCUT2D eigenvalue weighted by atomic mass is 9.84. The number of carbonyl (C=O) groups is 1. The maximum atomic E-state index is 11.7. The normalized spacial score (nSPS) is 21.2. The van der Waals surface area contributed by atoms with E-state index in [1.165, 1.54) is 32.1 Å². The maximum absolute atomic E-state index is 11.7. The van der Waals surface area contributed by atoms with Crippen molar-refractivity contribution < 1.29 is 9.53 Å². The lowest BCUT2D eigenvalue weighted by molar-refractivity contribution is 0.0963. The van der Waals surface area contributed by atoms with Gasteiger partial charge in [-0.15, -0.1) is 24.0 Å². The number of nitrogens with two attached hydrogens (primary N) is 1. The van der Waals surface area contributed by atoms with Gasteiger partial charge >= 0.3 is 6.09 Å². The number of ether oxygens (including phenoxy) is 1. The zero-order valence-electron chi connectivity index (χ0n) is 15.1. The van der Waals surface area contributed by atoms with Crippen molar-refractivity contribution in [3.63, 3.8) is 0 Å². The third kappa shape index (κ3) is 5.97. The van der Waals surface area contributed by atoms with Gasteiger partial charge in [-0.25, -0.2) is 4.79 Å². The molecule has 1 aliphatic heterocycles. The third-order valence-electron chi connectivity index (χ3n) is 5.37. The molecule has 1 saturated carbocycles. The van der Waals surface area contributed by atoms with E-state index in [0.717, 1.165) is 19.4 Å². The van der Waals surface area contributed by atoms with Crippen LogP contribution in [0.25, 0.3) is 0 Å². The largest absolute Gasteiger partial charge is 0.450 e. The molecule has 0 aromatic carbocycles. The summed E-state index contributed by atoms with van der Waals surface area (Å²) in [6.07, 6.45) is 7.94. The van der Waals surface area contributed by atoms with E-state index in [9.17, 15) is 4.79 Å². The number of piperidine rings is 1. The molecule has 2 rings (SSSR count). The molecule has 140 valence electrons. The molecule has 24 heavy (non-hydrogen) atoms. The minimum absolute atomic E-state index is 0. The number of hydrogen-bond donors (Lipinski definition) is 2. The number of guanidine groups is 1. The first-order valence-corrected chi connectivity index (χ1v) is 9.07. The van der Waals surface area contributed by atoms with Crippen molar-refractivity contribution in [2.75, 3.05) is 26.2 Å². The quantitative estimate of drug-likeness (QED) is 0.382. The van der Waals surface area contributed by atoms with Gasteiger partial charge in [0.25, 0.3) is 0 Å². The molecule has 0 spiro atoms. The van der Waals surface area contributed by atoms with Crippen LogP contribution in [-0.2, 0) is 4.74 Å². The van der Waals surface area contributed by atoms with Crippen LogP contribution in [0.1, 0.15) is 58.8 Å². The standard InChI is InChI=1S/C17H32N4O2.HI/c1-3-17(9-5-6-10-17)13-19-15(18)20-14-7-11-21(12-8-14)16(22)23-4-2;/h14H,3-13H2,1-2H3,(H3,18,19,20);1H. The van der Waals surface area contributed by atoms with Crippen LogP contribution in [0, 0.1) is 5.41 Å². The van der Waals surface area contributed by atoms with Crippen LogP contribution in [-0.4, -0.2) is 49.2 Å². The molecule has 6 nitrogen and oxygen atoms in total.